The highest BCUT2D eigenvalue weighted by atomic mass is 32.2. The smallest absolute Gasteiger partial charge is 0.288 e. The number of thiocarbonyl (C=S) groups is 1. The van der Waals surface area contributed by atoms with E-state index in [1.807, 2.05) is 19.1 Å². The SMILES string of the molecule is Cc1ccc[n+](/C(C(=S)Nc2ccc(SC(F)F)cc2)=C(/O)c2ccc(F)cc2)c1. The molecular formula is C22H18F3N2OS2+. The van der Waals surface area contributed by atoms with Crippen LogP contribution < -0.4 is 9.88 Å². The maximum atomic E-state index is 13.3. The second-order valence-corrected chi connectivity index (χ2v) is 7.82. The van der Waals surface area contributed by atoms with Crippen LogP contribution in [0, 0.1) is 12.7 Å². The highest BCUT2D eigenvalue weighted by molar-refractivity contribution is 7.99. The Morgan fingerprint density at radius 1 is 1.07 bits per heavy atom. The summed E-state index contributed by atoms with van der Waals surface area (Å²) in [7, 11) is 0. The Morgan fingerprint density at radius 2 is 1.73 bits per heavy atom. The molecule has 0 atom stereocenters. The molecule has 30 heavy (non-hydrogen) atoms. The second kappa shape index (κ2) is 9.77. The molecule has 3 aromatic rings. The first-order valence-corrected chi connectivity index (χ1v) is 10.2. The summed E-state index contributed by atoms with van der Waals surface area (Å²) in [6, 6.07) is 15.5. The molecule has 2 N–H and O–H groups in total. The average molecular weight is 448 g/mol. The topological polar surface area (TPSA) is 36.1 Å². The predicted molar refractivity (Wildman–Crippen MR) is 118 cm³/mol. The summed E-state index contributed by atoms with van der Waals surface area (Å²) >= 11 is 5.99. The average Bonchev–Trinajstić information content (AvgIpc) is 2.70. The van der Waals surface area contributed by atoms with Crippen molar-refractivity contribution >= 4 is 46.1 Å². The van der Waals surface area contributed by atoms with Gasteiger partial charge in [0.25, 0.3) is 11.5 Å². The third-order valence-corrected chi connectivity index (χ3v) is 5.12. The molecule has 3 nitrogen and oxygen atoms in total. The lowest BCUT2D eigenvalue weighted by atomic mass is 10.1. The van der Waals surface area contributed by atoms with Crippen molar-refractivity contribution in [3.8, 4) is 0 Å². The van der Waals surface area contributed by atoms with Crippen molar-refractivity contribution in [3.05, 3.63) is 90.0 Å². The quantitative estimate of drug-likeness (QED) is 0.158. The molecule has 8 heteroatoms. The van der Waals surface area contributed by atoms with E-state index in [0.29, 0.717) is 33.6 Å². The van der Waals surface area contributed by atoms with Crippen LogP contribution in [0.3, 0.4) is 0 Å². The standard InChI is InChI=1S/C22H17F3N2OS2/c1-14-3-2-12-27(13-14)19(20(28)15-4-6-16(23)7-5-15)21(29)26-17-8-10-18(11-9-17)30-22(24)25/h2-13,22H,1H3,(H-,26,28,29)/p+1. The van der Waals surface area contributed by atoms with E-state index in [9.17, 15) is 18.3 Å². The van der Waals surface area contributed by atoms with Gasteiger partial charge in [-0.05, 0) is 61.5 Å². The van der Waals surface area contributed by atoms with Crippen LogP contribution >= 0.6 is 24.0 Å². The molecule has 0 saturated carbocycles. The molecule has 0 aliphatic carbocycles. The van der Waals surface area contributed by atoms with E-state index in [1.54, 1.807) is 41.2 Å². The third kappa shape index (κ3) is 5.61. The highest BCUT2D eigenvalue weighted by Crippen LogP contribution is 2.26. The summed E-state index contributed by atoms with van der Waals surface area (Å²) < 4.78 is 40.0. The highest BCUT2D eigenvalue weighted by Gasteiger charge is 2.24. The molecule has 1 aromatic heterocycles. The zero-order chi connectivity index (χ0) is 21.7. The lowest BCUT2D eigenvalue weighted by Gasteiger charge is -2.11. The Hall–Kier alpha value is -2.84. The number of nitrogens with one attached hydrogen (secondary N) is 1. The van der Waals surface area contributed by atoms with E-state index < -0.39 is 11.6 Å². The monoisotopic (exact) mass is 447 g/mol. The molecule has 0 spiro atoms. The minimum absolute atomic E-state index is 0.132. The summed E-state index contributed by atoms with van der Waals surface area (Å²) in [6.45, 7) is 1.90. The summed E-state index contributed by atoms with van der Waals surface area (Å²) in [5.74, 6) is -3.04. The molecule has 0 unspecified atom stereocenters. The van der Waals surface area contributed by atoms with Crippen molar-refractivity contribution in [2.45, 2.75) is 17.6 Å². The van der Waals surface area contributed by atoms with Crippen LogP contribution in [0.5, 0.6) is 0 Å². The maximum absolute atomic E-state index is 13.3. The van der Waals surface area contributed by atoms with Gasteiger partial charge in [0.05, 0.1) is 0 Å². The van der Waals surface area contributed by atoms with Crippen LogP contribution in [-0.4, -0.2) is 15.9 Å². The number of nitrogens with zero attached hydrogens (tertiary/aromatic N) is 1. The number of aliphatic hydroxyl groups excluding tert-OH is 1. The number of pyridine rings is 1. The van der Waals surface area contributed by atoms with Crippen LogP contribution in [0.4, 0.5) is 18.9 Å². The van der Waals surface area contributed by atoms with Gasteiger partial charge >= 0.3 is 0 Å². The van der Waals surface area contributed by atoms with E-state index in [-0.39, 0.29) is 10.7 Å². The zero-order valence-electron chi connectivity index (χ0n) is 15.9. The lowest BCUT2D eigenvalue weighted by molar-refractivity contribution is -0.576. The fourth-order valence-electron chi connectivity index (χ4n) is 2.73. The van der Waals surface area contributed by atoms with Crippen molar-refractivity contribution in [3.63, 3.8) is 0 Å². The first-order chi connectivity index (χ1) is 14.3. The maximum Gasteiger partial charge on any atom is 0.288 e. The van der Waals surface area contributed by atoms with Gasteiger partial charge in [-0.2, -0.15) is 13.3 Å². The Morgan fingerprint density at radius 3 is 2.33 bits per heavy atom. The molecule has 0 amide bonds. The van der Waals surface area contributed by atoms with Gasteiger partial charge in [0.15, 0.2) is 23.1 Å². The number of aliphatic hydroxyl groups is 1. The first kappa shape index (κ1) is 21.9. The van der Waals surface area contributed by atoms with Gasteiger partial charge in [-0.25, -0.2) is 4.39 Å². The van der Waals surface area contributed by atoms with Gasteiger partial charge in [0.2, 0.25) is 0 Å². The molecule has 2 aromatic carbocycles. The van der Waals surface area contributed by atoms with Gasteiger partial charge in [-0.15, -0.1) is 0 Å². The van der Waals surface area contributed by atoms with E-state index >= 15 is 0 Å². The fraction of sp³-hybridized carbons (Fsp3) is 0.0909. The van der Waals surface area contributed by atoms with Crippen molar-refractivity contribution in [1.29, 1.82) is 0 Å². The number of hydrogen-bond donors (Lipinski definition) is 2. The molecule has 154 valence electrons. The Labute approximate surface area is 181 Å². The van der Waals surface area contributed by atoms with Crippen LogP contribution in [-0.2, 0) is 0 Å². The van der Waals surface area contributed by atoms with E-state index in [2.05, 4.69) is 5.32 Å². The Kier molecular flexibility index (Phi) is 7.12. The lowest BCUT2D eigenvalue weighted by Crippen LogP contribution is -2.38. The minimum atomic E-state index is -2.50. The molecule has 1 heterocycles. The largest absolute Gasteiger partial charge is 0.502 e. The molecule has 3 rings (SSSR count). The van der Waals surface area contributed by atoms with Gasteiger partial charge in [-0.1, -0.05) is 24.0 Å². The molecular weight excluding hydrogens is 429 g/mol. The number of rotatable bonds is 6. The predicted octanol–water partition coefficient (Wildman–Crippen LogP) is 6.06. The van der Waals surface area contributed by atoms with E-state index in [1.165, 1.54) is 24.3 Å². The summed E-state index contributed by atoms with van der Waals surface area (Å²) in [5, 5.41) is 14.0. The summed E-state index contributed by atoms with van der Waals surface area (Å²) in [4.78, 5) is 0.640. The zero-order valence-corrected chi connectivity index (χ0v) is 17.5. The van der Waals surface area contributed by atoms with E-state index in [4.69, 9.17) is 12.2 Å². The molecule has 0 bridgehead atoms. The van der Waals surface area contributed by atoms with Crippen molar-refractivity contribution in [1.82, 2.24) is 0 Å². The minimum Gasteiger partial charge on any atom is -0.502 e. The fourth-order valence-corrected chi connectivity index (χ4v) is 3.55. The first-order valence-electron chi connectivity index (χ1n) is 8.87. The number of benzene rings is 2. The van der Waals surface area contributed by atoms with Crippen molar-refractivity contribution in [2.24, 2.45) is 0 Å². The van der Waals surface area contributed by atoms with Crippen LogP contribution in [0.15, 0.2) is 78.0 Å². The number of aromatic nitrogens is 1. The van der Waals surface area contributed by atoms with Crippen molar-refractivity contribution < 1.29 is 22.8 Å². The van der Waals surface area contributed by atoms with Crippen LogP contribution in [0.25, 0.3) is 11.5 Å². The van der Waals surface area contributed by atoms with Gasteiger partial charge < -0.3 is 10.4 Å². The summed E-state index contributed by atoms with van der Waals surface area (Å²) in [6.07, 6.45) is 3.53. The molecule has 0 radical (unpaired) electrons. The van der Waals surface area contributed by atoms with Crippen LogP contribution in [0.2, 0.25) is 0 Å². The number of hydrogen-bond acceptors (Lipinski definition) is 3. The van der Waals surface area contributed by atoms with Gasteiger partial charge in [0.1, 0.15) is 5.82 Å². The van der Waals surface area contributed by atoms with Crippen molar-refractivity contribution in [2.75, 3.05) is 5.32 Å². The Balaban J connectivity index is 1.96. The molecule has 0 saturated heterocycles. The summed E-state index contributed by atoms with van der Waals surface area (Å²) in [5.41, 5.74) is 2.22. The number of aryl methyl sites for hydroxylation is 1. The second-order valence-electron chi connectivity index (χ2n) is 6.35. The number of alkyl halides is 2. The number of thioether (sulfide) groups is 1. The molecule has 0 fully saturated rings. The molecule has 0 aliphatic rings. The molecule has 0 aliphatic heterocycles. The number of halogens is 3. The van der Waals surface area contributed by atoms with Gasteiger partial charge in [-0.3, -0.25) is 0 Å². The van der Waals surface area contributed by atoms with E-state index in [0.717, 1.165) is 5.56 Å². The normalized spacial score (nSPS) is 11.9. The number of anilines is 1. The third-order valence-electron chi connectivity index (χ3n) is 4.10. The van der Waals surface area contributed by atoms with Crippen LogP contribution in [0.1, 0.15) is 11.1 Å². The Bertz CT molecular complexity index is 1070. The van der Waals surface area contributed by atoms with Gasteiger partial charge in [0, 0.05) is 27.8 Å².